The minimum atomic E-state index is 0.272. The molecule has 1 radical (unpaired) electrons. The third-order valence-electron chi connectivity index (χ3n) is 1.64. The van der Waals surface area contributed by atoms with E-state index in [1.165, 1.54) is 6.42 Å². The minimum Gasteiger partial charge on any atom is -0.123 e. The van der Waals surface area contributed by atoms with Crippen molar-refractivity contribution in [3.05, 3.63) is 6.42 Å². The third kappa shape index (κ3) is 2.77. The zero-order chi connectivity index (χ0) is 6.69. The van der Waals surface area contributed by atoms with E-state index >= 15 is 0 Å². The maximum absolute atomic E-state index is 5.90. The van der Waals surface area contributed by atoms with E-state index in [9.17, 15) is 0 Å². The SMILES string of the molecule is ClC1[CH]CC(Cl)CCC1. The van der Waals surface area contributed by atoms with Crippen LogP contribution in [0.15, 0.2) is 0 Å². The molecule has 1 fully saturated rings. The Morgan fingerprint density at radius 3 is 2.78 bits per heavy atom. The third-order valence-corrected chi connectivity index (χ3v) is 2.44. The maximum atomic E-state index is 5.90. The molecule has 0 heterocycles. The van der Waals surface area contributed by atoms with Gasteiger partial charge >= 0.3 is 0 Å². The Bertz CT molecular complexity index is 73.0. The average Bonchev–Trinajstić information content (AvgIpc) is 1.97. The van der Waals surface area contributed by atoms with Gasteiger partial charge in [-0.1, -0.05) is 6.42 Å². The van der Waals surface area contributed by atoms with Crippen molar-refractivity contribution in [1.82, 2.24) is 0 Å². The Balaban J connectivity index is 2.25. The van der Waals surface area contributed by atoms with Crippen molar-refractivity contribution >= 4 is 23.2 Å². The van der Waals surface area contributed by atoms with Crippen LogP contribution in [0.25, 0.3) is 0 Å². The number of hydrogen-bond donors (Lipinski definition) is 0. The Labute approximate surface area is 66.5 Å². The van der Waals surface area contributed by atoms with Gasteiger partial charge in [0.15, 0.2) is 0 Å². The molecule has 2 unspecified atom stereocenters. The molecule has 0 aromatic rings. The highest BCUT2D eigenvalue weighted by atomic mass is 35.5. The van der Waals surface area contributed by atoms with Gasteiger partial charge in [-0.3, -0.25) is 0 Å². The molecule has 2 atom stereocenters. The molecule has 0 N–H and O–H groups in total. The van der Waals surface area contributed by atoms with E-state index in [0.717, 1.165) is 19.3 Å². The van der Waals surface area contributed by atoms with E-state index in [1.54, 1.807) is 0 Å². The van der Waals surface area contributed by atoms with Crippen molar-refractivity contribution in [2.75, 3.05) is 0 Å². The van der Waals surface area contributed by atoms with Crippen LogP contribution < -0.4 is 0 Å². The second-order valence-corrected chi connectivity index (χ2v) is 3.69. The molecule has 0 spiro atoms. The van der Waals surface area contributed by atoms with Crippen molar-refractivity contribution in [1.29, 1.82) is 0 Å². The molecule has 2 heteroatoms. The predicted molar refractivity (Wildman–Crippen MR) is 42.1 cm³/mol. The molecule has 0 aromatic heterocycles. The molecule has 0 amide bonds. The summed E-state index contributed by atoms with van der Waals surface area (Å²) in [4.78, 5) is 0. The lowest BCUT2D eigenvalue weighted by Crippen LogP contribution is -1.97. The summed E-state index contributed by atoms with van der Waals surface area (Å²) in [6, 6.07) is 0. The summed E-state index contributed by atoms with van der Waals surface area (Å²) in [5.41, 5.74) is 0. The Morgan fingerprint density at radius 2 is 2.00 bits per heavy atom. The van der Waals surface area contributed by atoms with Crippen LogP contribution in [0.1, 0.15) is 25.7 Å². The second-order valence-electron chi connectivity index (χ2n) is 2.52. The topological polar surface area (TPSA) is 0 Å². The lowest BCUT2D eigenvalue weighted by Gasteiger charge is -2.01. The molecule has 1 saturated carbocycles. The number of hydrogen-bond acceptors (Lipinski definition) is 0. The Hall–Kier alpha value is 0.580. The quantitative estimate of drug-likeness (QED) is 0.383. The van der Waals surface area contributed by atoms with Crippen LogP contribution in [0.2, 0.25) is 0 Å². The van der Waals surface area contributed by atoms with Gasteiger partial charge in [0.25, 0.3) is 0 Å². The molecule has 0 aromatic carbocycles. The van der Waals surface area contributed by atoms with Gasteiger partial charge in [-0.15, -0.1) is 23.2 Å². The Morgan fingerprint density at radius 1 is 1.22 bits per heavy atom. The highest BCUT2D eigenvalue weighted by molar-refractivity contribution is 6.22. The van der Waals surface area contributed by atoms with E-state index in [4.69, 9.17) is 23.2 Å². The summed E-state index contributed by atoms with van der Waals surface area (Å²) in [5.74, 6) is 0. The summed E-state index contributed by atoms with van der Waals surface area (Å²) < 4.78 is 0. The number of halogens is 2. The zero-order valence-electron chi connectivity index (χ0n) is 5.32. The molecule has 1 aliphatic carbocycles. The van der Waals surface area contributed by atoms with E-state index in [1.807, 2.05) is 0 Å². The van der Waals surface area contributed by atoms with E-state index < -0.39 is 0 Å². The van der Waals surface area contributed by atoms with E-state index in [2.05, 4.69) is 6.42 Å². The first-order chi connectivity index (χ1) is 4.29. The molecular weight excluding hydrogens is 155 g/mol. The molecule has 0 aliphatic heterocycles. The van der Waals surface area contributed by atoms with Crippen LogP contribution in [0.4, 0.5) is 0 Å². The average molecular weight is 166 g/mol. The first kappa shape index (κ1) is 7.68. The fourth-order valence-electron chi connectivity index (χ4n) is 1.07. The molecule has 1 aliphatic rings. The van der Waals surface area contributed by atoms with Crippen LogP contribution in [0.3, 0.4) is 0 Å². The number of alkyl halides is 2. The lowest BCUT2D eigenvalue weighted by molar-refractivity contribution is 0.710. The van der Waals surface area contributed by atoms with Gasteiger partial charge in [-0.05, 0) is 25.7 Å². The summed E-state index contributed by atoms with van der Waals surface area (Å²) >= 11 is 11.8. The van der Waals surface area contributed by atoms with Gasteiger partial charge in [0, 0.05) is 10.8 Å². The highest BCUT2D eigenvalue weighted by Gasteiger charge is 2.14. The lowest BCUT2D eigenvalue weighted by atomic mass is 10.2. The van der Waals surface area contributed by atoms with Crippen molar-refractivity contribution in [3.8, 4) is 0 Å². The Kier molecular flexibility index (Phi) is 3.14. The van der Waals surface area contributed by atoms with E-state index in [-0.39, 0.29) is 5.38 Å². The maximum Gasteiger partial charge on any atom is 0.0368 e. The van der Waals surface area contributed by atoms with Gasteiger partial charge in [0.2, 0.25) is 0 Å². The number of rotatable bonds is 0. The van der Waals surface area contributed by atoms with Crippen LogP contribution >= 0.6 is 23.2 Å². The van der Waals surface area contributed by atoms with Crippen molar-refractivity contribution < 1.29 is 0 Å². The highest BCUT2D eigenvalue weighted by Crippen LogP contribution is 2.23. The molecule has 9 heavy (non-hydrogen) atoms. The van der Waals surface area contributed by atoms with E-state index in [0.29, 0.717) is 5.38 Å². The monoisotopic (exact) mass is 165 g/mol. The fraction of sp³-hybridized carbons (Fsp3) is 0.857. The van der Waals surface area contributed by atoms with Crippen LogP contribution in [-0.2, 0) is 0 Å². The molecule has 1 rings (SSSR count). The zero-order valence-corrected chi connectivity index (χ0v) is 6.83. The van der Waals surface area contributed by atoms with Crippen molar-refractivity contribution in [2.24, 2.45) is 0 Å². The van der Waals surface area contributed by atoms with Gasteiger partial charge in [0.05, 0.1) is 0 Å². The molecule has 53 valence electrons. The first-order valence-electron chi connectivity index (χ1n) is 3.40. The standard InChI is InChI=1S/C7H11Cl2/c8-6-2-1-3-7(9)5-4-6/h4,6-7H,1-3,5H2. The van der Waals surface area contributed by atoms with Crippen molar-refractivity contribution in [3.63, 3.8) is 0 Å². The summed E-state index contributed by atoms with van der Waals surface area (Å²) in [5, 5.41) is 0.613. The molecule has 0 nitrogen and oxygen atoms in total. The smallest absolute Gasteiger partial charge is 0.0368 e. The van der Waals surface area contributed by atoms with Crippen LogP contribution in [0.5, 0.6) is 0 Å². The summed E-state index contributed by atoms with van der Waals surface area (Å²) in [7, 11) is 0. The van der Waals surface area contributed by atoms with Gasteiger partial charge in [-0.25, -0.2) is 0 Å². The first-order valence-corrected chi connectivity index (χ1v) is 4.28. The normalized spacial score (nSPS) is 38.0. The molecular formula is C7H11Cl2. The van der Waals surface area contributed by atoms with Crippen LogP contribution in [0, 0.1) is 6.42 Å². The largest absolute Gasteiger partial charge is 0.123 e. The van der Waals surface area contributed by atoms with Crippen LogP contribution in [-0.4, -0.2) is 10.8 Å². The van der Waals surface area contributed by atoms with Gasteiger partial charge in [0.1, 0.15) is 0 Å². The fourth-order valence-corrected chi connectivity index (χ4v) is 1.58. The molecule has 0 bridgehead atoms. The van der Waals surface area contributed by atoms with Gasteiger partial charge < -0.3 is 0 Å². The second kappa shape index (κ2) is 3.68. The van der Waals surface area contributed by atoms with Gasteiger partial charge in [-0.2, -0.15) is 0 Å². The molecule has 0 saturated heterocycles. The predicted octanol–water partition coefficient (Wildman–Crippen LogP) is 2.98. The summed E-state index contributed by atoms with van der Waals surface area (Å²) in [6.45, 7) is 0. The van der Waals surface area contributed by atoms with Crippen molar-refractivity contribution in [2.45, 2.75) is 36.4 Å². The summed E-state index contributed by atoms with van der Waals surface area (Å²) in [6.07, 6.45) is 6.51. The minimum absolute atomic E-state index is 0.272.